The van der Waals surface area contributed by atoms with Gasteiger partial charge in [-0.25, -0.2) is 9.59 Å². The SMILES string of the molecule is Cc1c(Cl)ccc2c(=O)oc(=O)[nH]c12. The Morgan fingerprint density at radius 3 is 2.79 bits per heavy atom. The lowest BCUT2D eigenvalue weighted by molar-refractivity contribution is 0.460. The lowest BCUT2D eigenvalue weighted by atomic mass is 10.1. The Kier molecular flexibility index (Phi) is 1.93. The summed E-state index contributed by atoms with van der Waals surface area (Å²) in [6.45, 7) is 1.72. The van der Waals surface area contributed by atoms with E-state index in [-0.39, 0.29) is 0 Å². The van der Waals surface area contributed by atoms with Crippen molar-refractivity contribution in [2.24, 2.45) is 0 Å². The molecule has 1 N–H and O–H groups in total. The van der Waals surface area contributed by atoms with Crippen LogP contribution in [0, 0.1) is 6.92 Å². The average Bonchev–Trinajstić information content (AvgIpc) is 2.12. The highest BCUT2D eigenvalue weighted by molar-refractivity contribution is 6.32. The summed E-state index contributed by atoms with van der Waals surface area (Å²) >= 11 is 5.84. The third kappa shape index (κ3) is 1.24. The van der Waals surface area contributed by atoms with Crippen LogP contribution in [0.3, 0.4) is 0 Å². The van der Waals surface area contributed by atoms with Gasteiger partial charge in [-0.05, 0) is 24.6 Å². The van der Waals surface area contributed by atoms with E-state index in [1.165, 1.54) is 6.07 Å². The molecule has 0 amide bonds. The number of H-pyrrole nitrogens is 1. The Morgan fingerprint density at radius 1 is 1.36 bits per heavy atom. The Bertz CT molecular complexity index is 611. The molecule has 0 spiro atoms. The number of benzene rings is 1. The zero-order valence-electron chi connectivity index (χ0n) is 7.26. The molecule has 2 aromatic rings. The van der Waals surface area contributed by atoms with E-state index in [2.05, 4.69) is 9.40 Å². The van der Waals surface area contributed by atoms with E-state index in [1.54, 1.807) is 13.0 Å². The van der Waals surface area contributed by atoms with Crippen LogP contribution in [0.1, 0.15) is 5.56 Å². The van der Waals surface area contributed by atoms with E-state index >= 15 is 0 Å². The molecule has 0 fully saturated rings. The molecule has 0 saturated carbocycles. The van der Waals surface area contributed by atoms with E-state index in [1.807, 2.05) is 0 Å². The second-order valence-corrected chi connectivity index (χ2v) is 3.30. The molecule has 4 nitrogen and oxygen atoms in total. The molecule has 0 aliphatic heterocycles. The maximum absolute atomic E-state index is 11.2. The van der Waals surface area contributed by atoms with Gasteiger partial charge < -0.3 is 4.42 Å². The highest BCUT2D eigenvalue weighted by atomic mass is 35.5. The number of hydrogen-bond acceptors (Lipinski definition) is 3. The summed E-state index contributed by atoms with van der Waals surface area (Å²) in [4.78, 5) is 24.6. The van der Waals surface area contributed by atoms with Crippen molar-refractivity contribution >= 4 is 22.5 Å². The number of aryl methyl sites for hydroxylation is 1. The zero-order valence-corrected chi connectivity index (χ0v) is 8.01. The first-order chi connectivity index (χ1) is 6.59. The van der Waals surface area contributed by atoms with Gasteiger partial charge in [-0.15, -0.1) is 0 Å². The van der Waals surface area contributed by atoms with Crippen LogP contribution in [0.4, 0.5) is 0 Å². The van der Waals surface area contributed by atoms with Crippen LogP contribution in [0.2, 0.25) is 5.02 Å². The second-order valence-electron chi connectivity index (χ2n) is 2.90. The molecule has 0 aliphatic rings. The van der Waals surface area contributed by atoms with E-state index in [9.17, 15) is 9.59 Å². The highest BCUT2D eigenvalue weighted by Gasteiger charge is 2.06. The maximum Gasteiger partial charge on any atom is 0.419 e. The van der Waals surface area contributed by atoms with Crippen molar-refractivity contribution in [3.63, 3.8) is 0 Å². The summed E-state index contributed by atoms with van der Waals surface area (Å²) < 4.78 is 4.38. The molecule has 0 atom stereocenters. The topological polar surface area (TPSA) is 63.1 Å². The number of rotatable bonds is 0. The summed E-state index contributed by atoms with van der Waals surface area (Å²) in [6.07, 6.45) is 0. The van der Waals surface area contributed by atoms with E-state index in [0.29, 0.717) is 21.5 Å². The molecular formula is C9H6ClNO3. The minimum atomic E-state index is -0.770. The molecule has 72 valence electrons. The van der Waals surface area contributed by atoms with Crippen LogP contribution >= 0.6 is 11.6 Å². The Hall–Kier alpha value is -1.55. The van der Waals surface area contributed by atoms with Crippen LogP contribution in [0.5, 0.6) is 0 Å². The fourth-order valence-corrected chi connectivity index (χ4v) is 1.44. The smallest absolute Gasteiger partial charge is 0.372 e. The van der Waals surface area contributed by atoms with Crippen molar-refractivity contribution < 1.29 is 4.42 Å². The molecule has 0 unspecified atom stereocenters. The minimum absolute atomic E-state index is 0.325. The van der Waals surface area contributed by atoms with Gasteiger partial charge in [0.2, 0.25) is 0 Å². The van der Waals surface area contributed by atoms with E-state index < -0.39 is 11.4 Å². The van der Waals surface area contributed by atoms with Crippen LogP contribution in [0.15, 0.2) is 26.1 Å². The number of fused-ring (bicyclic) bond motifs is 1. The molecule has 0 bridgehead atoms. The van der Waals surface area contributed by atoms with Gasteiger partial charge in [0.05, 0.1) is 10.9 Å². The molecule has 1 aromatic carbocycles. The summed E-state index contributed by atoms with van der Waals surface area (Å²) in [7, 11) is 0. The molecule has 0 radical (unpaired) electrons. The Labute approximate surface area is 83.1 Å². The third-order valence-electron chi connectivity index (χ3n) is 2.03. The zero-order chi connectivity index (χ0) is 10.3. The van der Waals surface area contributed by atoms with Gasteiger partial charge in [0, 0.05) is 5.02 Å². The quantitative estimate of drug-likeness (QED) is 0.717. The lowest BCUT2D eigenvalue weighted by Crippen LogP contribution is -2.15. The number of halogens is 1. The molecule has 1 heterocycles. The predicted octanol–water partition coefficient (Wildman–Crippen LogP) is 1.44. The molecule has 2 rings (SSSR count). The van der Waals surface area contributed by atoms with Crippen LogP contribution < -0.4 is 11.4 Å². The summed E-state index contributed by atoms with van der Waals surface area (Å²) in [5, 5.41) is 0.824. The van der Waals surface area contributed by atoms with Crippen LogP contribution in [-0.2, 0) is 0 Å². The van der Waals surface area contributed by atoms with E-state index in [4.69, 9.17) is 11.6 Å². The van der Waals surface area contributed by atoms with Gasteiger partial charge in [0.1, 0.15) is 0 Å². The average molecular weight is 212 g/mol. The number of aromatic nitrogens is 1. The van der Waals surface area contributed by atoms with Gasteiger partial charge >= 0.3 is 11.4 Å². The normalized spacial score (nSPS) is 10.7. The van der Waals surface area contributed by atoms with Gasteiger partial charge in [0.25, 0.3) is 0 Å². The van der Waals surface area contributed by atoms with Gasteiger partial charge in [0.15, 0.2) is 0 Å². The molecule has 0 saturated heterocycles. The molecule has 5 heteroatoms. The lowest BCUT2D eigenvalue weighted by Gasteiger charge is -2.01. The molecular weight excluding hydrogens is 206 g/mol. The van der Waals surface area contributed by atoms with Crippen molar-refractivity contribution in [1.82, 2.24) is 4.98 Å². The van der Waals surface area contributed by atoms with Gasteiger partial charge in [-0.1, -0.05) is 11.6 Å². The van der Waals surface area contributed by atoms with Crippen LogP contribution in [0.25, 0.3) is 10.9 Å². The van der Waals surface area contributed by atoms with Crippen molar-refractivity contribution in [2.45, 2.75) is 6.92 Å². The maximum atomic E-state index is 11.2. The Balaban J connectivity index is 3.10. The molecule has 14 heavy (non-hydrogen) atoms. The van der Waals surface area contributed by atoms with Crippen molar-refractivity contribution in [3.8, 4) is 0 Å². The number of hydrogen-bond donors (Lipinski definition) is 1. The molecule has 0 aliphatic carbocycles. The van der Waals surface area contributed by atoms with E-state index in [0.717, 1.165) is 0 Å². The number of nitrogens with one attached hydrogen (secondary N) is 1. The fraction of sp³-hybridized carbons (Fsp3) is 0.111. The van der Waals surface area contributed by atoms with Crippen molar-refractivity contribution in [3.05, 3.63) is 43.7 Å². The summed E-state index contributed by atoms with van der Waals surface area (Å²) in [6, 6.07) is 3.11. The first-order valence-corrected chi connectivity index (χ1v) is 4.29. The first kappa shape index (κ1) is 9.02. The summed E-state index contributed by atoms with van der Waals surface area (Å²) in [5.74, 6) is -0.770. The minimum Gasteiger partial charge on any atom is -0.372 e. The fourth-order valence-electron chi connectivity index (χ4n) is 1.28. The predicted molar refractivity (Wildman–Crippen MR) is 52.9 cm³/mol. The van der Waals surface area contributed by atoms with Crippen LogP contribution in [-0.4, -0.2) is 4.98 Å². The van der Waals surface area contributed by atoms with Gasteiger partial charge in [-0.2, -0.15) is 0 Å². The van der Waals surface area contributed by atoms with Crippen molar-refractivity contribution in [1.29, 1.82) is 0 Å². The molecule has 1 aromatic heterocycles. The third-order valence-corrected chi connectivity index (χ3v) is 2.44. The highest BCUT2D eigenvalue weighted by Crippen LogP contribution is 2.20. The first-order valence-electron chi connectivity index (χ1n) is 3.92. The monoisotopic (exact) mass is 211 g/mol. The summed E-state index contributed by atoms with van der Waals surface area (Å²) in [5.41, 5.74) is 0.441. The largest absolute Gasteiger partial charge is 0.419 e. The van der Waals surface area contributed by atoms with Gasteiger partial charge in [-0.3, -0.25) is 4.98 Å². The number of aromatic amines is 1. The Morgan fingerprint density at radius 2 is 2.07 bits per heavy atom. The standard InChI is InChI=1S/C9H6ClNO3/c1-4-6(10)3-2-5-7(4)11-9(13)14-8(5)12/h2-3H,1H3,(H,11,13). The van der Waals surface area contributed by atoms with Crippen molar-refractivity contribution in [2.75, 3.05) is 0 Å². The second kappa shape index (κ2) is 2.99.